The van der Waals surface area contributed by atoms with Crippen molar-refractivity contribution in [3.8, 4) is 11.5 Å². The van der Waals surface area contributed by atoms with Gasteiger partial charge in [-0.2, -0.15) is 0 Å². The van der Waals surface area contributed by atoms with Crippen molar-refractivity contribution in [2.75, 3.05) is 43.6 Å². The van der Waals surface area contributed by atoms with Gasteiger partial charge in [0.15, 0.2) is 0 Å². The number of benzene rings is 2. The van der Waals surface area contributed by atoms with Crippen LogP contribution in [0.1, 0.15) is 46.0 Å². The van der Waals surface area contributed by atoms with E-state index in [9.17, 15) is 4.79 Å². The number of carbonyl (C=O) groups is 1. The summed E-state index contributed by atoms with van der Waals surface area (Å²) in [6, 6.07) is 15.0. The average molecular weight is 429 g/mol. The van der Waals surface area contributed by atoms with Gasteiger partial charge in [-0.1, -0.05) is 44.7 Å². The number of hydrogen-bond donors (Lipinski definition) is 2. The number of rotatable bonds is 16. The minimum atomic E-state index is -0.131. The Hall–Kier alpha value is -2.73. The van der Waals surface area contributed by atoms with Gasteiger partial charge in [0.25, 0.3) is 0 Å². The lowest BCUT2D eigenvalue weighted by molar-refractivity contribution is -0.114. The molecule has 2 aromatic carbocycles. The number of anilines is 2. The topological polar surface area (TPSA) is 68.8 Å². The molecule has 2 aromatic rings. The molecule has 170 valence electrons. The predicted octanol–water partition coefficient (Wildman–Crippen LogP) is 5.50. The van der Waals surface area contributed by atoms with Gasteiger partial charge in [-0.25, -0.2) is 0 Å². The summed E-state index contributed by atoms with van der Waals surface area (Å²) in [4.78, 5) is 12.3. The fourth-order valence-electron chi connectivity index (χ4n) is 3.00. The maximum absolute atomic E-state index is 12.3. The van der Waals surface area contributed by atoms with Crippen LogP contribution in [-0.4, -0.2) is 38.9 Å². The Morgan fingerprint density at radius 3 is 2.39 bits per heavy atom. The van der Waals surface area contributed by atoms with Crippen molar-refractivity contribution in [2.45, 2.75) is 46.0 Å². The molecule has 0 aliphatic carbocycles. The minimum Gasteiger partial charge on any atom is -0.494 e. The molecular formula is C25H36N2O4. The summed E-state index contributed by atoms with van der Waals surface area (Å²) in [6.45, 7) is 6.69. The van der Waals surface area contributed by atoms with E-state index in [2.05, 4.69) is 17.6 Å². The molecule has 0 unspecified atom stereocenters. The maximum Gasteiger partial charge on any atom is 0.243 e. The Morgan fingerprint density at radius 2 is 1.61 bits per heavy atom. The minimum absolute atomic E-state index is 0.131. The van der Waals surface area contributed by atoms with Gasteiger partial charge in [0.2, 0.25) is 5.91 Å². The van der Waals surface area contributed by atoms with Crippen LogP contribution in [0.5, 0.6) is 11.5 Å². The summed E-state index contributed by atoms with van der Waals surface area (Å²) in [6.07, 6.45) is 6.08. The van der Waals surface area contributed by atoms with E-state index in [0.29, 0.717) is 25.6 Å². The molecule has 1 amide bonds. The van der Waals surface area contributed by atoms with Crippen molar-refractivity contribution in [3.63, 3.8) is 0 Å². The molecule has 2 rings (SSSR count). The molecular weight excluding hydrogens is 392 g/mol. The monoisotopic (exact) mass is 428 g/mol. The molecule has 2 N–H and O–H groups in total. The van der Waals surface area contributed by atoms with Crippen molar-refractivity contribution in [3.05, 3.63) is 48.5 Å². The van der Waals surface area contributed by atoms with Crippen LogP contribution in [-0.2, 0) is 9.53 Å². The summed E-state index contributed by atoms with van der Waals surface area (Å²) < 4.78 is 16.8. The van der Waals surface area contributed by atoms with Crippen LogP contribution < -0.4 is 20.1 Å². The number of para-hydroxylation sites is 2. The lowest BCUT2D eigenvalue weighted by atomic mass is 10.2. The zero-order valence-electron chi connectivity index (χ0n) is 18.8. The number of hydrogen-bond acceptors (Lipinski definition) is 5. The van der Waals surface area contributed by atoms with Crippen LogP contribution >= 0.6 is 0 Å². The van der Waals surface area contributed by atoms with Gasteiger partial charge in [0.1, 0.15) is 18.1 Å². The summed E-state index contributed by atoms with van der Waals surface area (Å²) in [7, 11) is 0. The van der Waals surface area contributed by atoms with Gasteiger partial charge in [0, 0.05) is 12.3 Å². The largest absolute Gasteiger partial charge is 0.494 e. The Morgan fingerprint density at radius 1 is 0.839 bits per heavy atom. The first-order chi connectivity index (χ1) is 15.2. The molecule has 0 saturated heterocycles. The second-order valence-corrected chi connectivity index (χ2v) is 7.23. The van der Waals surface area contributed by atoms with E-state index >= 15 is 0 Å². The second-order valence-electron chi connectivity index (χ2n) is 7.23. The van der Waals surface area contributed by atoms with Crippen molar-refractivity contribution < 1.29 is 19.0 Å². The highest BCUT2D eigenvalue weighted by molar-refractivity contribution is 5.94. The average Bonchev–Trinajstić information content (AvgIpc) is 2.79. The number of ether oxygens (including phenoxy) is 3. The standard InChI is InChI=1S/C25H36N2O4/c1-3-5-6-7-10-17-30-22-15-13-21(14-16-22)27-25(28)20-26-23-11-8-9-12-24(23)31-19-18-29-4-2/h8-9,11-16,26H,3-7,10,17-20H2,1-2H3,(H,27,28). The molecule has 0 heterocycles. The van der Waals surface area contributed by atoms with Crippen LogP contribution in [0.3, 0.4) is 0 Å². The molecule has 0 aromatic heterocycles. The van der Waals surface area contributed by atoms with Crippen molar-refractivity contribution >= 4 is 17.3 Å². The smallest absolute Gasteiger partial charge is 0.243 e. The molecule has 6 heteroatoms. The summed E-state index contributed by atoms with van der Waals surface area (Å²) >= 11 is 0. The van der Waals surface area contributed by atoms with E-state index in [4.69, 9.17) is 14.2 Å². The predicted molar refractivity (Wildman–Crippen MR) is 126 cm³/mol. The maximum atomic E-state index is 12.3. The Balaban J connectivity index is 1.71. The van der Waals surface area contributed by atoms with E-state index in [-0.39, 0.29) is 12.5 Å². The number of nitrogens with one attached hydrogen (secondary N) is 2. The molecule has 0 atom stereocenters. The lowest BCUT2D eigenvalue weighted by Crippen LogP contribution is -2.22. The number of carbonyl (C=O) groups excluding carboxylic acids is 1. The normalized spacial score (nSPS) is 10.5. The highest BCUT2D eigenvalue weighted by Gasteiger charge is 2.07. The van der Waals surface area contributed by atoms with Crippen LogP contribution in [0.4, 0.5) is 11.4 Å². The van der Waals surface area contributed by atoms with E-state index < -0.39 is 0 Å². The van der Waals surface area contributed by atoms with Gasteiger partial charge in [-0.05, 0) is 49.7 Å². The van der Waals surface area contributed by atoms with Crippen molar-refractivity contribution in [1.29, 1.82) is 0 Å². The Bertz CT molecular complexity index is 749. The van der Waals surface area contributed by atoms with E-state index in [1.807, 2.05) is 55.5 Å². The third kappa shape index (κ3) is 10.2. The first-order valence-corrected chi connectivity index (χ1v) is 11.3. The Kier molecular flexibility index (Phi) is 12.0. The third-order valence-electron chi connectivity index (χ3n) is 4.67. The van der Waals surface area contributed by atoms with Crippen LogP contribution in [0.2, 0.25) is 0 Å². The van der Waals surface area contributed by atoms with Gasteiger partial charge in [-0.15, -0.1) is 0 Å². The third-order valence-corrected chi connectivity index (χ3v) is 4.67. The van der Waals surface area contributed by atoms with Crippen LogP contribution in [0.25, 0.3) is 0 Å². The zero-order valence-corrected chi connectivity index (χ0v) is 18.8. The quantitative estimate of drug-likeness (QED) is 0.346. The second kappa shape index (κ2) is 15.1. The summed E-state index contributed by atoms with van der Waals surface area (Å²) in [5.41, 5.74) is 1.51. The fourth-order valence-corrected chi connectivity index (χ4v) is 3.00. The van der Waals surface area contributed by atoms with E-state index in [0.717, 1.165) is 30.2 Å². The molecule has 0 aliphatic rings. The van der Waals surface area contributed by atoms with Gasteiger partial charge in [-0.3, -0.25) is 4.79 Å². The zero-order chi connectivity index (χ0) is 22.2. The highest BCUT2D eigenvalue weighted by Crippen LogP contribution is 2.23. The van der Waals surface area contributed by atoms with E-state index in [1.54, 1.807) is 0 Å². The fraction of sp³-hybridized carbons (Fsp3) is 0.480. The molecule has 0 aliphatic heterocycles. The van der Waals surface area contributed by atoms with Crippen molar-refractivity contribution in [2.24, 2.45) is 0 Å². The Labute approximate surface area is 186 Å². The molecule has 0 spiro atoms. The molecule has 0 fully saturated rings. The van der Waals surface area contributed by atoms with Crippen molar-refractivity contribution in [1.82, 2.24) is 0 Å². The SMILES string of the molecule is CCCCCCCOc1ccc(NC(=O)CNc2ccccc2OCCOCC)cc1. The first-order valence-electron chi connectivity index (χ1n) is 11.3. The molecule has 0 saturated carbocycles. The van der Waals surface area contributed by atoms with Gasteiger partial charge >= 0.3 is 0 Å². The first kappa shape index (κ1) is 24.5. The number of amides is 1. The van der Waals surface area contributed by atoms with E-state index in [1.165, 1.54) is 25.7 Å². The molecule has 6 nitrogen and oxygen atoms in total. The molecule has 0 bridgehead atoms. The van der Waals surface area contributed by atoms with Crippen LogP contribution in [0, 0.1) is 0 Å². The van der Waals surface area contributed by atoms with Gasteiger partial charge in [0.05, 0.1) is 25.4 Å². The lowest BCUT2D eigenvalue weighted by Gasteiger charge is -2.13. The summed E-state index contributed by atoms with van der Waals surface area (Å²) in [5.74, 6) is 1.39. The van der Waals surface area contributed by atoms with Gasteiger partial charge < -0.3 is 24.8 Å². The molecule has 0 radical (unpaired) electrons. The molecule has 31 heavy (non-hydrogen) atoms. The van der Waals surface area contributed by atoms with Crippen LogP contribution in [0.15, 0.2) is 48.5 Å². The summed E-state index contributed by atoms with van der Waals surface area (Å²) in [5, 5.41) is 6.02. The number of unbranched alkanes of at least 4 members (excludes halogenated alkanes) is 4. The highest BCUT2D eigenvalue weighted by atomic mass is 16.5.